The minimum absolute atomic E-state index is 0.0809. The molecular formula is C23H14F7N3. The van der Waals surface area contributed by atoms with E-state index in [1.807, 2.05) is 0 Å². The molecule has 0 bridgehead atoms. The molecule has 1 aromatic heterocycles. The molecule has 0 spiro atoms. The Kier molecular flexibility index (Phi) is 5.47. The van der Waals surface area contributed by atoms with E-state index in [1.165, 1.54) is 47.0 Å². The Hall–Kier alpha value is -3.69. The predicted octanol–water partition coefficient (Wildman–Crippen LogP) is 7.09. The number of benzene rings is 3. The van der Waals surface area contributed by atoms with Crippen molar-refractivity contribution < 1.29 is 30.7 Å². The van der Waals surface area contributed by atoms with Crippen LogP contribution >= 0.6 is 0 Å². The van der Waals surface area contributed by atoms with Gasteiger partial charge >= 0.3 is 12.4 Å². The molecule has 170 valence electrons. The number of para-hydroxylation sites is 1. The third-order valence-corrected chi connectivity index (χ3v) is 4.98. The first-order valence-electron chi connectivity index (χ1n) is 9.52. The SMILES string of the molecule is Cc1nnc(-c2ccc(-c3cc(C(F)(F)F)cc(C(F)(F)F)c3)cc2)n1-c1ccccc1F. The smallest absolute Gasteiger partial charge is 0.276 e. The molecule has 1 heterocycles. The topological polar surface area (TPSA) is 30.7 Å². The number of aryl methyl sites for hydroxylation is 1. The molecular weight excluding hydrogens is 451 g/mol. The minimum Gasteiger partial charge on any atom is -0.276 e. The van der Waals surface area contributed by atoms with Crippen LogP contribution in [-0.2, 0) is 12.4 Å². The quantitative estimate of drug-likeness (QED) is 0.303. The van der Waals surface area contributed by atoms with E-state index in [1.54, 1.807) is 13.0 Å². The van der Waals surface area contributed by atoms with Crippen molar-refractivity contribution in [3.8, 4) is 28.2 Å². The fraction of sp³-hybridized carbons (Fsp3) is 0.130. The average molecular weight is 465 g/mol. The fourth-order valence-electron chi connectivity index (χ4n) is 3.40. The van der Waals surface area contributed by atoms with Crippen molar-refractivity contribution in [2.24, 2.45) is 0 Å². The zero-order chi connectivity index (χ0) is 24.0. The summed E-state index contributed by atoms with van der Waals surface area (Å²) < 4.78 is 94.8. The second-order valence-corrected chi connectivity index (χ2v) is 7.23. The molecule has 0 radical (unpaired) electrons. The number of aromatic nitrogens is 3. The molecule has 0 unspecified atom stereocenters. The second kappa shape index (κ2) is 8.02. The number of hydrogen-bond acceptors (Lipinski definition) is 2. The summed E-state index contributed by atoms with van der Waals surface area (Å²) in [4.78, 5) is 0. The molecule has 3 aromatic carbocycles. The van der Waals surface area contributed by atoms with Crippen LogP contribution in [0.15, 0.2) is 66.7 Å². The van der Waals surface area contributed by atoms with Crippen LogP contribution in [0, 0.1) is 12.7 Å². The molecule has 0 amide bonds. The average Bonchev–Trinajstić information content (AvgIpc) is 3.14. The fourth-order valence-corrected chi connectivity index (χ4v) is 3.40. The lowest BCUT2D eigenvalue weighted by Gasteiger charge is -2.15. The highest BCUT2D eigenvalue weighted by Crippen LogP contribution is 2.39. The summed E-state index contributed by atoms with van der Waals surface area (Å²) in [5.74, 6) is 0.151. The van der Waals surface area contributed by atoms with Gasteiger partial charge in [-0.1, -0.05) is 36.4 Å². The Balaban J connectivity index is 1.78. The first-order valence-corrected chi connectivity index (χ1v) is 9.52. The van der Waals surface area contributed by atoms with Gasteiger partial charge in [-0.2, -0.15) is 26.3 Å². The van der Waals surface area contributed by atoms with Gasteiger partial charge in [0.05, 0.1) is 16.8 Å². The molecule has 0 atom stereocenters. The van der Waals surface area contributed by atoms with Crippen molar-refractivity contribution in [1.29, 1.82) is 0 Å². The Labute approximate surface area is 183 Å². The maximum absolute atomic E-state index is 14.3. The van der Waals surface area contributed by atoms with Gasteiger partial charge in [0.2, 0.25) is 0 Å². The molecule has 0 aliphatic heterocycles. The molecule has 0 fully saturated rings. The summed E-state index contributed by atoms with van der Waals surface area (Å²) in [6.07, 6.45) is -9.88. The summed E-state index contributed by atoms with van der Waals surface area (Å²) in [5.41, 5.74) is -2.24. The summed E-state index contributed by atoms with van der Waals surface area (Å²) in [6, 6.07) is 13.1. The van der Waals surface area contributed by atoms with E-state index in [0.717, 1.165) is 0 Å². The monoisotopic (exact) mass is 465 g/mol. The van der Waals surface area contributed by atoms with Gasteiger partial charge in [0.25, 0.3) is 0 Å². The van der Waals surface area contributed by atoms with E-state index in [2.05, 4.69) is 10.2 Å². The van der Waals surface area contributed by atoms with Gasteiger partial charge in [-0.05, 0) is 48.4 Å². The van der Waals surface area contributed by atoms with Gasteiger partial charge in [-0.25, -0.2) is 4.39 Å². The largest absolute Gasteiger partial charge is 0.416 e. The van der Waals surface area contributed by atoms with Crippen molar-refractivity contribution in [2.45, 2.75) is 19.3 Å². The van der Waals surface area contributed by atoms with Crippen LogP contribution in [0.25, 0.3) is 28.2 Å². The Bertz CT molecular complexity index is 1270. The van der Waals surface area contributed by atoms with Crippen molar-refractivity contribution in [3.63, 3.8) is 0 Å². The summed E-state index contributed by atoms with van der Waals surface area (Å²) in [6.45, 7) is 1.62. The standard InChI is InChI=1S/C23H14F7N3/c1-13-31-32-21(33(13)20-5-3-2-4-19(20)24)15-8-6-14(7-9-15)16-10-17(22(25,26)27)12-18(11-16)23(28,29)30/h2-12H,1H3. The van der Waals surface area contributed by atoms with Crippen LogP contribution in [0.3, 0.4) is 0 Å². The molecule has 0 saturated heterocycles. The van der Waals surface area contributed by atoms with E-state index in [4.69, 9.17) is 0 Å². The maximum atomic E-state index is 14.3. The lowest BCUT2D eigenvalue weighted by molar-refractivity contribution is -0.143. The third kappa shape index (κ3) is 4.46. The van der Waals surface area contributed by atoms with E-state index in [-0.39, 0.29) is 28.7 Å². The highest BCUT2D eigenvalue weighted by atomic mass is 19.4. The number of alkyl halides is 6. The van der Waals surface area contributed by atoms with E-state index in [0.29, 0.717) is 23.5 Å². The van der Waals surface area contributed by atoms with Gasteiger partial charge in [0.1, 0.15) is 11.6 Å². The zero-order valence-electron chi connectivity index (χ0n) is 16.8. The number of rotatable bonds is 3. The molecule has 33 heavy (non-hydrogen) atoms. The first kappa shape index (κ1) is 22.5. The van der Waals surface area contributed by atoms with Crippen molar-refractivity contribution in [3.05, 3.63) is 89.5 Å². The number of nitrogens with zero attached hydrogens (tertiary/aromatic N) is 3. The summed E-state index contributed by atoms with van der Waals surface area (Å²) in [5, 5.41) is 8.01. The number of halogens is 7. The van der Waals surface area contributed by atoms with Gasteiger partial charge in [-0.3, -0.25) is 4.57 Å². The van der Waals surface area contributed by atoms with Crippen molar-refractivity contribution in [1.82, 2.24) is 14.8 Å². The maximum Gasteiger partial charge on any atom is 0.416 e. The zero-order valence-corrected chi connectivity index (χ0v) is 16.8. The first-order chi connectivity index (χ1) is 15.4. The molecule has 0 saturated carbocycles. The molecule has 3 nitrogen and oxygen atoms in total. The van der Waals surface area contributed by atoms with E-state index < -0.39 is 29.3 Å². The second-order valence-electron chi connectivity index (χ2n) is 7.23. The summed E-state index contributed by atoms with van der Waals surface area (Å²) >= 11 is 0. The van der Waals surface area contributed by atoms with Crippen molar-refractivity contribution >= 4 is 0 Å². The van der Waals surface area contributed by atoms with Crippen LogP contribution in [0.1, 0.15) is 17.0 Å². The molecule has 4 rings (SSSR count). The third-order valence-electron chi connectivity index (χ3n) is 4.98. The van der Waals surface area contributed by atoms with Gasteiger partial charge in [0.15, 0.2) is 5.82 Å². The predicted molar refractivity (Wildman–Crippen MR) is 107 cm³/mol. The van der Waals surface area contributed by atoms with Gasteiger partial charge < -0.3 is 0 Å². The minimum atomic E-state index is -4.94. The van der Waals surface area contributed by atoms with E-state index in [9.17, 15) is 30.7 Å². The molecule has 10 heteroatoms. The van der Waals surface area contributed by atoms with Crippen LogP contribution in [0.4, 0.5) is 30.7 Å². The van der Waals surface area contributed by atoms with Crippen molar-refractivity contribution in [2.75, 3.05) is 0 Å². The van der Waals surface area contributed by atoms with E-state index >= 15 is 0 Å². The molecule has 0 N–H and O–H groups in total. The highest BCUT2D eigenvalue weighted by Gasteiger charge is 2.37. The molecule has 0 aliphatic rings. The van der Waals surface area contributed by atoms with Crippen LogP contribution in [0.2, 0.25) is 0 Å². The normalized spacial score (nSPS) is 12.2. The summed E-state index contributed by atoms with van der Waals surface area (Å²) in [7, 11) is 0. The Morgan fingerprint density at radius 2 is 1.21 bits per heavy atom. The lowest BCUT2D eigenvalue weighted by atomic mass is 9.98. The van der Waals surface area contributed by atoms with Gasteiger partial charge in [-0.15, -0.1) is 10.2 Å². The van der Waals surface area contributed by atoms with Gasteiger partial charge in [0, 0.05) is 5.56 Å². The van der Waals surface area contributed by atoms with Crippen LogP contribution in [0.5, 0.6) is 0 Å². The molecule has 0 aliphatic carbocycles. The Morgan fingerprint density at radius 1 is 0.667 bits per heavy atom. The Morgan fingerprint density at radius 3 is 1.76 bits per heavy atom. The number of hydrogen-bond donors (Lipinski definition) is 0. The van der Waals surface area contributed by atoms with Crippen LogP contribution < -0.4 is 0 Å². The van der Waals surface area contributed by atoms with Crippen LogP contribution in [-0.4, -0.2) is 14.8 Å². The lowest BCUT2D eigenvalue weighted by Crippen LogP contribution is -2.11. The highest BCUT2D eigenvalue weighted by molar-refractivity contribution is 5.70. The molecule has 4 aromatic rings.